The van der Waals surface area contributed by atoms with Gasteiger partial charge >= 0.3 is 0 Å². The van der Waals surface area contributed by atoms with E-state index in [1.165, 1.54) is 19.3 Å². The molecule has 1 fully saturated rings. The summed E-state index contributed by atoms with van der Waals surface area (Å²) in [5, 5.41) is 0. The highest BCUT2D eigenvalue weighted by atomic mass is 14.3. The Kier molecular flexibility index (Phi) is 2.15. The Hall–Kier alpha value is 0. The van der Waals surface area contributed by atoms with Crippen LogP contribution in [0, 0.1) is 17.8 Å². The molecule has 0 N–H and O–H groups in total. The fourth-order valence-electron chi connectivity index (χ4n) is 2.04. The quantitative estimate of drug-likeness (QED) is 0.506. The Balaban J connectivity index is 2.41. The van der Waals surface area contributed by atoms with Crippen LogP contribution in [0.25, 0.3) is 0 Å². The molecule has 3 atom stereocenters. The van der Waals surface area contributed by atoms with Crippen LogP contribution in [-0.4, -0.2) is 0 Å². The Bertz CT molecular complexity index is 86.0. The van der Waals surface area contributed by atoms with Crippen molar-refractivity contribution in [2.75, 3.05) is 0 Å². The van der Waals surface area contributed by atoms with Crippen LogP contribution in [0.3, 0.4) is 0 Å². The normalized spacial score (nSPS) is 43.7. The van der Waals surface area contributed by atoms with Crippen molar-refractivity contribution in [2.24, 2.45) is 17.8 Å². The van der Waals surface area contributed by atoms with E-state index in [1.54, 1.807) is 0 Å². The highest BCUT2D eigenvalue weighted by molar-refractivity contribution is 4.78. The largest absolute Gasteiger partial charge is 0.0651 e. The van der Waals surface area contributed by atoms with Gasteiger partial charge in [0.15, 0.2) is 0 Å². The summed E-state index contributed by atoms with van der Waals surface area (Å²) in [6.07, 6.45) is 4.35. The highest BCUT2D eigenvalue weighted by Crippen LogP contribution is 2.37. The zero-order valence-electron chi connectivity index (χ0n) is 6.85. The molecule has 54 valence electrons. The van der Waals surface area contributed by atoms with Crippen molar-refractivity contribution in [1.29, 1.82) is 0 Å². The molecule has 1 rings (SSSR count). The molecule has 9 heavy (non-hydrogen) atoms. The number of rotatable bonds is 1. The Morgan fingerprint density at radius 3 is 2.11 bits per heavy atom. The highest BCUT2D eigenvalue weighted by Gasteiger charge is 2.27. The maximum absolute atomic E-state index is 2.41. The fourth-order valence-corrected chi connectivity index (χ4v) is 2.04. The minimum atomic E-state index is 0.995. The van der Waals surface area contributed by atoms with Gasteiger partial charge in [-0.25, -0.2) is 0 Å². The molecule has 1 aliphatic carbocycles. The molecule has 0 heterocycles. The van der Waals surface area contributed by atoms with E-state index in [1.807, 2.05) is 0 Å². The number of hydrogen-bond acceptors (Lipinski definition) is 0. The van der Waals surface area contributed by atoms with Crippen LogP contribution < -0.4 is 0 Å². The van der Waals surface area contributed by atoms with Gasteiger partial charge < -0.3 is 0 Å². The second kappa shape index (κ2) is 2.72. The van der Waals surface area contributed by atoms with Crippen molar-refractivity contribution in [3.8, 4) is 0 Å². The first-order valence-electron chi connectivity index (χ1n) is 4.25. The van der Waals surface area contributed by atoms with Crippen LogP contribution >= 0.6 is 0 Å². The van der Waals surface area contributed by atoms with Gasteiger partial charge in [0.25, 0.3) is 0 Å². The molecule has 0 aromatic heterocycles. The van der Waals surface area contributed by atoms with Crippen LogP contribution in [0.4, 0.5) is 0 Å². The summed E-state index contributed by atoms with van der Waals surface area (Å²) >= 11 is 0. The van der Waals surface area contributed by atoms with Crippen LogP contribution in [-0.2, 0) is 0 Å². The lowest BCUT2D eigenvalue weighted by Gasteiger charge is -2.15. The molecule has 0 saturated heterocycles. The standard InChI is InChI=1S/C9H18/c1-4-9-6-5-7(2)8(9)3/h7-9H,4-6H2,1-3H3/t7-,8-,9-/m0/s1. The fraction of sp³-hybridized carbons (Fsp3) is 1.00. The first kappa shape index (κ1) is 7.11. The van der Waals surface area contributed by atoms with E-state index >= 15 is 0 Å². The lowest BCUT2D eigenvalue weighted by Crippen LogP contribution is -2.07. The molecule has 0 radical (unpaired) electrons. The molecule has 0 heteroatoms. The first-order chi connectivity index (χ1) is 4.25. The summed E-state index contributed by atoms with van der Waals surface area (Å²) in [4.78, 5) is 0. The predicted molar refractivity (Wildman–Crippen MR) is 41.3 cm³/mol. The van der Waals surface area contributed by atoms with Gasteiger partial charge in [0.1, 0.15) is 0 Å². The zero-order valence-corrected chi connectivity index (χ0v) is 6.85. The van der Waals surface area contributed by atoms with Crippen molar-refractivity contribution in [3.05, 3.63) is 0 Å². The second-order valence-electron chi connectivity index (χ2n) is 3.58. The average Bonchev–Trinajstić information content (AvgIpc) is 2.15. The summed E-state index contributed by atoms with van der Waals surface area (Å²) in [5.74, 6) is 3.03. The minimum Gasteiger partial charge on any atom is -0.0651 e. The van der Waals surface area contributed by atoms with Gasteiger partial charge in [-0.15, -0.1) is 0 Å². The molecule has 1 saturated carbocycles. The maximum Gasteiger partial charge on any atom is -0.0388 e. The molecule has 0 nitrogen and oxygen atoms in total. The van der Waals surface area contributed by atoms with Crippen molar-refractivity contribution < 1.29 is 0 Å². The molecular weight excluding hydrogens is 108 g/mol. The first-order valence-corrected chi connectivity index (χ1v) is 4.25. The summed E-state index contributed by atoms with van der Waals surface area (Å²) in [6.45, 7) is 7.12. The van der Waals surface area contributed by atoms with E-state index in [-0.39, 0.29) is 0 Å². The molecule has 1 aliphatic rings. The van der Waals surface area contributed by atoms with Crippen LogP contribution in [0.2, 0.25) is 0 Å². The van der Waals surface area contributed by atoms with Crippen molar-refractivity contribution in [1.82, 2.24) is 0 Å². The van der Waals surface area contributed by atoms with E-state index in [4.69, 9.17) is 0 Å². The van der Waals surface area contributed by atoms with Gasteiger partial charge in [-0.1, -0.05) is 33.6 Å². The summed E-state index contributed by atoms with van der Waals surface area (Å²) in [6, 6.07) is 0. The van der Waals surface area contributed by atoms with Gasteiger partial charge in [-0.05, 0) is 24.2 Å². The molecular formula is C9H18. The molecule has 0 amide bonds. The van der Waals surface area contributed by atoms with Gasteiger partial charge in [-0.2, -0.15) is 0 Å². The monoisotopic (exact) mass is 126 g/mol. The van der Waals surface area contributed by atoms with Gasteiger partial charge in [0.05, 0.1) is 0 Å². The van der Waals surface area contributed by atoms with E-state index in [0.717, 1.165) is 17.8 Å². The van der Waals surface area contributed by atoms with Crippen molar-refractivity contribution >= 4 is 0 Å². The third kappa shape index (κ3) is 1.28. The third-order valence-electron chi connectivity index (χ3n) is 3.16. The average molecular weight is 126 g/mol. The Labute approximate surface area is 58.7 Å². The lowest BCUT2D eigenvalue weighted by molar-refractivity contribution is 0.349. The van der Waals surface area contributed by atoms with Gasteiger partial charge in [-0.3, -0.25) is 0 Å². The SMILES string of the molecule is CC[C@H]1CC[C@H](C)[C@@H]1C. The number of hydrogen-bond donors (Lipinski definition) is 0. The van der Waals surface area contributed by atoms with E-state index in [0.29, 0.717) is 0 Å². The molecule has 0 aromatic carbocycles. The van der Waals surface area contributed by atoms with Crippen molar-refractivity contribution in [3.63, 3.8) is 0 Å². The summed E-state index contributed by atoms with van der Waals surface area (Å²) in [7, 11) is 0. The van der Waals surface area contributed by atoms with Crippen LogP contribution in [0.1, 0.15) is 40.0 Å². The topological polar surface area (TPSA) is 0 Å². The molecule has 0 aromatic rings. The minimum absolute atomic E-state index is 0.995. The van der Waals surface area contributed by atoms with Crippen LogP contribution in [0.5, 0.6) is 0 Å². The lowest BCUT2D eigenvalue weighted by atomic mass is 9.91. The summed E-state index contributed by atoms with van der Waals surface area (Å²) in [5.41, 5.74) is 0. The molecule has 0 aliphatic heterocycles. The van der Waals surface area contributed by atoms with Crippen molar-refractivity contribution in [2.45, 2.75) is 40.0 Å². The van der Waals surface area contributed by atoms with E-state index in [9.17, 15) is 0 Å². The van der Waals surface area contributed by atoms with E-state index < -0.39 is 0 Å². The van der Waals surface area contributed by atoms with Gasteiger partial charge in [0.2, 0.25) is 0 Å². The second-order valence-corrected chi connectivity index (χ2v) is 3.58. The molecule has 0 unspecified atom stereocenters. The summed E-state index contributed by atoms with van der Waals surface area (Å²) < 4.78 is 0. The van der Waals surface area contributed by atoms with Crippen LogP contribution in [0.15, 0.2) is 0 Å². The third-order valence-corrected chi connectivity index (χ3v) is 3.16. The maximum atomic E-state index is 2.41. The van der Waals surface area contributed by atoms with Gasteiger partial charge in [0, 0.05) is 0 Å². The zero-order chi connectivity index (χ0) is 6.85. The smallest absolute Gasteiger partial charge is 0.0388 e. The Morgan fingerprint density at radius 1 is 1.22 bits per heavy atom. The Morgan fingerprint density at radius 2 is 1.89 bits per heavy atom. The molecule has 0 bridgehead atoms. The van der Waals surface area contributed by atoms with E-state index in [2.05, 4.69) is 20.8 Å². The molecule has 0 spiro atoms. The predicted octanol–water partition coefficient (Wildman–Crippen LogP) is 3.08.